The van der Waals surface area contributed by atoms with Crippen molar-refractivity contribution in [2.75, 3.05) is 18.6 Å². The molecule has 1 unspecified atom stereocenters. The second kappa shape index (κ2) is 4.15. The summed E-state index contributed by atoms with van der Waals surface area (Å²) < 4.78 is 28.1. The second-order valence-corrected chi connectivity index (χ2v) is 6.84. The summed E-state index contributed by atoms with van der Waals surface area (Å²) in [5, 5.41) is 10.9. The number of hydrogen-bond acceptors (Lipinski definition) is 4. The van der Waals surface area contributed by atoms with E-state index in [-0.39, 0.29) is 17.9 Å². The van der Waals surface area contributed by atoms with Crippen LogP contribution in [0, 0.1) is 0 Å². The van der Waals surface area contributed by atoms with Crippen molar-refractivity contribution in [2.45, 2.75) is 12.0 Å². The molecule has 0 radical (unpaired) electrons. The van der Waals surface area contributed by atoms with E-state index < -0.39 is 15.4 Å². The maximum atomic E-state index is 11.5. The van der Waals surface area contributed by atoms with E-state index in [4.69, 9.17) is 16.3 Å². The standard InChI is InChI=1S/C11H13ClO4S/c1-16-10-3-2-8(12)6-9(10)11(13)4-5-17(14,15)7-11/h2-3,6,13H,4-5,7H2,1H3. The Balaban J connectivity index is 2.50. The second-order valence-electron chi connectivity index (χ2n) is 4.22. The number of ether oxygens (including phenoxy) is 1. The van der Waals surface area contributed by atoms with Crippen LogP contribution in [-0.2, 0) is 15.4 Å². The third kappa shape index (κ3) is 2.41. The summed E-state index contributed by atoms with van der Waals surface area (Å²) in [5.74, 6) is 0.157. The first-order valence-corrected chi connectivity index (χ1v) is 7.33. The van der Waals surface area contributed by atoms with Crippen molar-refractivity contribution in [3.8, 4) is 5.75 Å². The van der Waals surface area contributed by atoms with Crippen LogP contribution in [0.2, 0.25) is 5.02 Å². The van der Waals surface area contributed by atoms with E-state index in [1.165, 1.54) is 7.11 Å². The SMILES string of the molecule is COc1ccc(Cl)cc1C1(O)CCS(=O)(=O)C1. The van der Waals surface area contributed by atoms with Gasteiger partial charge in [-0.2, -0.15) is 0 Å². The first-order valence-electron chi connectivity index (χ1n) is 5.13. The molecule has 1 heterocycles. The first kappa shape index (κ1) is 12.7. The van der Waals surface area contributed by atoms with Gasteiger partial charge in [-0.25, -0.2) is 8.42 Å². The molecule has 0 amide bonds. The summed E-state index contributed by atoms with van der Waals surface area (Å²) in [6.07, 6.45) is 0.173. The van der Waals surface area contributed by atoms with Crippen molar-refractivity contribution in [2.24, 2.45) is 0 Å². The van der Waals surface area contributed by atoms with Gasteiger partial charge < -0.3 is 9.84 Å². The lowest BCUT2D eigenvalue weighted by molar-refractivity contribution is 0.0625. The Morgan fingerprint density at radius 2 is 2.18 bits per heavy atom. The molecule has 0 aliphatic carbocycles. The van der Waals surface area contributed by atoms with Crippen molar-refractivity contribution in [1.82, 2.24) is 0 Å². The van der Waals surface area contributed by atoms with Gasteiger partial charge >= 0.3 is 0 Å². The van der Waals surface area contributed by atoms with Gasteiger partial charge in [0.15, 0.2) is 9.84 Å². The van der Waals surface area contributed by atoms with E-state index in [2.05, 4.69) is 0 Å². The van der Waals surface area contributed by atoms with Crippen molar-refractivity contribution < 1.29 is 18.3 Å². The van der Waals surface area contributed by atoms with Gasteiger partial charge in [0.25, 0.3) is 0 Å². The highest BCUT2D eigenvalue weighted by atomic mass is 35.5. The minimum atomic E-state index is -3.19. The topological polar surface area (TPSA) is 63.6 Å². The molecule has 4 nitrogen and oxygen atoms in total. The summed E-state index contributed by atoms with van der Waals surface area (Å²) >= 11 is 5.87. The van der Waals surface area contributed by atoms with Gasteiger partial charge in [-0.05, 0) is 24.6 Å². The molecule has 1 atom stereocenters. The predicted molar refractivity (Wildman–Crippen MR) is 65.2 cm³/mol. The van der Waals surface area contributed by atoms with E-state index in [1.54, 1.807) is 18.2 Å². The minimum absolute atomic E-state index is 0.0147. The molecule has 6 heteroatoms. The first-order chi connectivity index (χ1) is 7.86. The Hall–Kier alpha value is -0.780. The third-order valence-electron chi connectivity index (χ3n) is 2.95. The fraction of sp³-hybridized carbons (Fsp3) is 0.455. The number of sulfone groups is 1. The summed E-state index contributed by atoms with van der Waals surface area (Å²) in [7, 11) is -1.72. The van der Waals surface area contributed by atoms with Gasteiger partial charge in [-0.3, -0.25) is 0 Å². The number of methoxy groups -OCH3 is 1. The molecule has 1 aromatic carbocycles. The van der Waals surface area contributed by atoms with E-state index >= 15 is 0 Å². The Kier molecular flexibility index (Phi) is 3.10. The molecular weight excluding hydrogens is 264 g/mol. The van der Waals surface area contributed by atoms with Crippen LogP contribution < -0.4 is 4.74 Å². The molecule has 1 aliphatic heterocycles. The van der Waals surface area contributed by atoms with E-state index in [0.717, 1.165) is 0 Å². The summed E-state index contributed by atoms with van der Waals surface area (Å²) in [6.45, 7) is 0. The number of hydrogen-bond donors (Lipinski definition) is 1. The quantitative estimate of drug-likeness (QED) is 0.886. The average molecular weight is 277 g/mol. The van der Waals surface area contributed by atoms with Crippen molar-refractivity contribution >= 4 is 21.4 Å². The van der Waals surface area contributed by atoms with Crippen molar-refractivity contribution in [1.29, 1.82) is 0 Å². The molecule has 1 N–H and O–H groups in total. The molecule has 2 rings (SSSR count). The highest BCUT2D eigenvalue weighted by molar-refractivity contribution is 7.91. The smallest absolute Gasteiger partial charge is 0.153 e. The average Bonchev–Trinajstić information content (AvgIpc) is 2.54. The zero-order valence-electron chi connectivity index (χ0n) is 9.31. The van der Waals surface area contributed by atoms with Crippen LogP contribution in [0.3, 0.4) is 0 Å². The zero-order valence-corrected chi connectivity index (χ0v) is 10.9. The van der Waals surface area contributed by atoms with Crippen LogP contribution in [0.15, 0.2) is 18.2 Å². The summed E-state index contributed by atoms with van der Waals surface area (Å²) in [5.41, 5.74) is -0.955. The molecule has 0 spiro atoms. The molecule has 1 fully saturated rings. The van der Waals surface area contributed by atoms with Crippen molar-refractivity contribution in [3.63, 3.8) is 0 Å². The Morgan fingerprint density at radius 1 is 1.47 bits per heavy atom. The largest absolute Gasteiger partial charge is 0.496 e. The van der Waals surface area contributed by atoms with Crippen LogP contribution in [0.25, 0.3) is 0 Å². The Morgan fingerprint density at radius 3 is 2.71 bits per heavy atom. The van der Waals surface area contributed by atoms with Gasteiger partial charge in [-0.15, -0.1) is 0 Å². The van der Waals surface area contributed by atoms with Gasteiger partial charge in [0.1, 0.15) is 11.4 Å². The van der Waals surface area contributed by atoms with Gasteiger partial charge in [0.05, 0.1) is 18.6 Å². The lowest BCUT2D eigenvalue weighted by atomic mass is 9.92. The van der Waals surface area contributed by atoms with Crippen LogP contribution >= 0.6 is 11.6 Å². The predicted octanol–water partition coefficient (Wildman–Crippen LogP) is 1.35. The molecule has 1 saturated heterocycles. The summed E-state index contributed by atoms with van der Waals surface area (Å²) in [6, 6.07) is 4.82. The molecule has 0 aromatic heterocycles. The maximum absolute atomic E-state index is 11.5. The van der Waals surface area contributed by atoms with Gasteiger partial charge in [-0.1, -0.05) is 11.6 Å². The molecule has 1 aromatic rings. The lowest BCUT2D eigenvalue weighted by Gasteiger charge is -2.23. The van der Waals surface area contributed by atoms with Crippen LogP contribution in [-0.4, -0.2) is 32.1 Å². The zero-order chi connectivity index (χ0) is 12.7. The number of halogens is 1. The van der Waals surface area contributed by atoms with E-state index in [9.17, 15) is 13.5 Å². The number of aliphatic hydroxyl groups is 1. The van der Waals surface area contributed by atoms with Gasteiger partial charge in [0.2, 0.25) is 0 Å². The minimum Gasteiger partial charge on any atom is -0.496 e. The Labute approximate surface area is 105 Å². The molecule has 94 valence electrons. The summed E-state index contributed by atoms with van der Waals surface area (Å²) in [4.78, 5) is 0. The molecule has 1 aliphatic rings. The van der Waals surface area contributed by atoms with E-state index in [0.29, 0.717) is 16.3 Å². The number of rotatable bonds is 2. The molecular formula is C11H13ClO4S. The van der Waals surface area contributed by atoms with Crippen molar-refractivity contribution in [3.05, 3.63) is 28.8 Å². The molecule has 0 saturated carbocycles. The third-order valence-corrected chi connectivity index (χ3v) is 4.93. The van der Waals surface area contributed by atoms with Crippen LogP contribution in [0.4, 0.5) is 0 Å². The highest BCUT2D eigenvalue weighted by Gasteiger charge is 2.43. The van der Waals surface area contributed by atoms with Gasteiger partial charge in [0, 0.05) is 10.6 Å². The van der Waals surface area contributed by atoms with E-state index in [1.807, 2.05) is 0 Å². The highest BCUT2D eigenvalue weighted by Crippen LogP contribution is 2.39. The lowest BCUT2D eigenvalue weighted by Crippen LogP contribution is -2.27. The maximum Gasteiger partial charge on any atom is 0.153 e. The molecule has 0 bridgehead atoms. The monoisotopic (exact) mass is 276 g/mol. The molecule has 17 heavy (non-hydrogen) atoms. The fourth-order valence-corrected chi connectivity index (χ4v) is 4.08. The Bertz CT molecular complexity index is 540. The fourth-order valence-electron chi connectivity index (χ4n) is 2.09. The number of benzene rings is 1. The van der Waals surface area contributed by atoms with Crippen LogP contribution in [0.5, 0.6) is 5.75 Å². The normalized spacial score (nSPS) is 27.0. The van der Waals surface area contributed by atoms with Crippen LogP contribution in [0.1, 0.15) is 12.0 Å².